The molecule has 0 aliphatic heterocycles. The van der Waals surface area contributed by atoms with Crippen molar-refractivity contribution in [2.24, 2.45) is 0 Å². The second kappa shape index (κ2) is 8.01. The summed E-state index contributed by atoms with van der Waals surface area (Å²) in [4.78, 5) is 24.7. The van der Waals surface area contributed by atoms with Gasteiger partial charge in [0.25, 0.3) is 0 Å². The summed E-state index contributed by atoms with van der Waals surface area (Å²) >= 11 is 5.90. The number of pyridine rings is 1. The first-order chi connectivity index (χ1) is 13.7. The third kappa shape index (κ3) is 4.07. The van der Waals surface area contributed by atoms with Crippen molar-refractivity contribution >= 4 is 23.2 Å². The van der Waals surface area contributed by atoms with E-state index in [2.05, 4.69) is 25.4 Å². The van der Waals surface area contributed by atoms with E-state index in [0.29, 0.717) is 34.6 Å². The van der Waals surface area contributed by atoms with Crippen LogP contribution in [0.2, 0.25) is 5.02 Å². The molecule has 0 bridgehead atoms. The molecule has 3 heterocycles. The van der Waals surface area contributed by atoms with Crippen LogP contribution in [0.3, 0.4) is 0 Å². The molecular weight excluding hydrogens is 380 g/mol. The summed E-state index contributed by atoms with van der Waals surface area (Å²) in [6, 6.07) is 10.8. The SMILES string of the molecule is O=C(CCc1ncc(-c2ccc(Cl)cc2)o1)Nc1cccnc1-n1cncn1. The maximum Gasteiger partial charge on any atom is 0.224 e. The van der Waals surface area contributed by atoms with E-state index in [-0.39, 0.29) is 12.3 Å². The first-order valence-corrected chi connectivity index (χ1v) is 8.87. The summed E-state index contributed by atoms with van der Waals surface area (Å²) < 4.78 is 7.21. The first kappa shape index (κ1) is 17.9. The van der Waals surface area contributed by atoms with Crippen molar-refractivity contribution in [3.63, 3.8) is 0 Å². The van der Waals surface area contributed by atoms with Gasteiger partial charge in [0.15, 0.2) is 17.5 Å². The van der Waals surface area contributed by atoms with E-state index in [1.165, 1.54) is 17.3 Å². The maximum atomic E-state index is 12.4. The van der Waals surface area contributed by atoms with E-state index in [0.717, 1.165) is 5.56 Å². The zero-order chi connectivity index (χ0) is 19.3. The number of carbonyl (C=O) groups is 1. The minimum absolute atomic E-state index is 0.180. The van der Waals surface area contributed by atoms with Gasteiger partial charge in [-0.15, -0.1) is 0 Å². The predicted molar refractivity (Wildman–Crippen MR) is 103 cm³/mol. The molecule has 1 N–H and O–H groups in total. The van der Waals surface area contributed by atoms with Crippen LogP contribution in [0.25, 0.3) is 17.1 Å². The second-order valence-corrected chi connectivity index (χ2v) is 6.32. The molecule has 0 aliphatic rings. The van der Waals surface area contributed by atoms with Gasteiger partial charge in [-0.1, -0.05) is 11.6 Å². The Bertz CT molecular complexity index is 1080. The third-order valence-electron chi connectivity index (χ3n) is 3.94. The Morgan fingerprint density at radius 2 is 2.04 bits per heavy atom. The number of carbonyl (C=O) groups excluding carboxylic acids is 1. The van der Waals surface area contributed by atoms with Crippen LogP contribution in [0.1, 0.15) is 12.3 Å². The number of aryl methyl sites for hydroxylation is 1. The van der Waals surface area contributed by atoms with Crippen molar-refractivity contribution in [2.75, 3.05) is 5.32 Å². The summed E-state index contributed by atoms with van der Waals surface area (Å²) in [7, 11) is 0. The van der Waals surface area contributed by atoms with Crippen molar-refractivity contribution in [2.45, 2.75) is 12.8 Å². The summed E-state index contributed by atoms with van der Waals surface area (Å²) in [6.45, 7) is 0. The van der Waals surface area contributed by atoms with Crippen LogP contribution >= 0.6 is 11.6 Å². The monoisotopic (exact) mass is 394 g/mol. The molecule has 4 rings (SSSR count). The average Bonchev–Trinajstić information content (AvgIpc) is 3.40. The Kier molecular flexibility index (Phi) is 5.11. The molecule has 0 radical (unpaired) electrons. The van der Waals surface area contributed by atoms with Crippen LogP contribution in [-0.2, 0) is 11.2 Å². The van der Waals surface area contributed by atoms with E-state index in [1.54, 1.807) is 36.7 Å². The molecule has 1 amide bonds. The number of nitrogens with one attached hydrogen (secondary N) is 1. The van der Waals surface area contributed by atoms with Gasteiger partial charge in [0.05, 0.1) is 11.9 Å². The van der Waals surface area contributed by atoms with Crippen molar-refractivity contribution in [3.8, 4) is 17.1 Å². The molecule has 0 saturated heterocycles. The van der Waals surface area contributed by atoms with Crippen LogP contribution in [0.4, 0.5) is 5.69 Å². The molecule has 3 aromatic heterocycles. The molecular formula is C19H15ClN6O2. The minimum Gasteiger partial charge on any atom is -0.441 e. The highest BCUT2D eigenvalue weighted by molar-refractivity contribution is 6.30. The number of aromatic nitrogens is 5. The number of amides is 1. The Morgan fingerprint density at radius 1 is 1.18 bits per heavy atom. The number of hydrogen-bond donors (Lipinski definition) is 1. The maximum absolute atomic E-state index is 12.4. The Balaban J connectivity index is 1.39. The summed E-state index contributed by atoms with van der Waals surface area (Å²) in [5, 5.41) is 7.54. The number of nitrogens with zero attached hydrogens (tertiary/aromatic N) is 5. The van der Waals surface area contributed by atoms with Crippen LogP contribution in [0.5, 0.6) is 0 Å². The van der Waals surface area contributed by atoms with Gasteiger partial charge in [-0.2, -0.15) is 5.10 Å². The standard InChI is InChI=1S/C19H15ClN6O2/c20-14-5-3-13(4-6-14)16-10-23-18(28-16)8-7-17(27)25-15-2-1-9-22-19(15)26-12-21-11-24-26/h1-6,9-12H,7-8H2,(H,25,27). The number of hydrogen-bond acceptors (Lipinski definition) is 6. The van der Waals surface area contributed by atoms with Gasteiger partial charge in [-0.05, 0) is 36.4 Å². The molecule has 8 nitrogen and oxygen atoms in total. The van der Waals surface area contributed by atoms with Gasteiger partial charge < -0.3 is 9.73 Å². The van der Waals surface area contributed by atoms with Crippen molar-refractivity contribution < 1.29 is 9.21 Å². The molecule has 0 spiro atoms. The Labute approximate surface area is 165 Å². The van der Waals surface area contributed by atoms with Crippen molar-refractivity contribution in [1.82, 2.24) is 24.7 Å². The quantitative estimate of drug-likeness (QED) is 0.537. The lowest BCUT2D eigenvalue weighted by atomic mass is 10.2. The third-order valence-corrected chi connectivity index (χ3v) is 4.20. The highest BCUT2D eigenvalue weighted by Crippen LogP contribution is 2.23. The highest BCUT2D eigenvalue weighted by Gasteiger charge is 2.12. The van der Waals surface area contributed by atoms with Crippen LogP contribution in [0, 0.1) is 0 Å². The molecule has 140 valence electrons. The average molecular weight is 395 g/mol. The van der Waals surface area contributed by atoms with Gasteiger partial charge in [0.2, 0.25) is 5.91 Å². The topological polar surface area (TPSA) is 98.7 Å². The van der Waals surface area contributed by atoms with Crippen LogP contribution in [0.15, 0.2) is 65.9 Å². The first-order valence-electron chi connectivity index (χ1n) is 8.49. The van der Waals surface area contributed by atoms with Crippen LogP contribution < -0.4 is 5.32 Å². The fraction of sp³-hybridized carbons (Fsp3) is 0.105. The molecule has 28 heavy (non-hydrogen) atoms. The largest absolute Gasteiger partial charge is 0.441 e. The van der Waals surface area contributed by atoms with Crippen molar-refractivity contribution in [1.29, 1.82) is 0 Å². The molecule has 0 fully saturated rings. The summed E-state index contributed by atoms with van der Waals surface area (Å²) in [5.74, 6) is 1.44. The molecule has 0 atom stereocenters. The predicted octanol–water partition coefficient (Wildman–Crippen LogP) is 3.54. The fourth-order valence-corrected chi connectivity index (χ4v) is 2.73. The van der Waals surface area contributed by atoms with Gasteiger partial charge in [0, 0.05) is 29.6 Å². The zero-order valence-electron chi connectivity index (χ0n) is 14.6. The smallest absolute Gasteiger partial charge is 0.224 e. The zero-order valence-corrected chi connectivity index (χ0v) is 15.4. The number of anilines is 1. The molecule has 0 aliphatic carbocycles. The minimum atomic E-state index is -0.180. The number of rotatable bonds is 6. The summed E-state index contributed by atoms with van der Waals surface area (Å²) in [6.07, 6.45) is 6.77. The van der Waals surface area contributed by atoms with Gasteiger partial charge >= 0.3 is 0 Å². The van der Waals surface area contributed by atoms with Crippen molar-refractivity contribution in [3.05, 3.63) is 72.4 Å². The normalized spacial score (nSPS) is 10.8. The lowest BCUT2D eigenvalue weighted by Gasteiger charge is -2.09. The Hall–Kier alpha value is -3.52. The van der Waals surface area contributed by atoms with E-state index in [4.69, 9.17) is 16.0 Å². The van der Waals surface area contributed by atoms with Crippen LogP contribution in [-0.4, -0.2) is 30.6 Å². The number of benzene rings is 1. The molecule has 4 aromatic rings. The van der Waals surface area contributed by atoms with E-state index >= 15 is 0 Å². The lowest BCUT2D eigenvalue weighted by molar-refractivity contribution is -0.116. The molecule has 9 heteroatoms. The Morgan fingerprint density at radius 3 is 2.82 bits per heavy atom. The second-order valence-electron chi connectivity index (χ2n) is 5.89. The molecule has 0 unspecified atom stereocenters. The molecule has 0 saturated carbocycles. The van der Waals surface area contributed by atoms with Gasteiger partial charge in [0.1, 0.15) is 12.7 Å². The lowest BCUT2D eigenvalue weighted by Crippen LogP contribution is -2.15. The van der Waals surface area contributed by atoms with E-state index < -0.39 is 0 Å². The molecule has 1 aromatic carbocycles. The fourth-order valence-electron chi connectivity index (χ4n) is 2.60. The van der Waals surface area contributed by atoms with E-state index in [1.807, 2.05) is 12.1 Å². The van der Waals surface area contributed by atoms with E-state index in [9.17, 15) is 4.79 Å². The van der Waals surface area contributed by atoms with Gasteiger partial charge in [-0.25, -0.2) is 19.6 Å². The number of halogens is 1. The van der Waals surface area contributed by atoms with Gasteiger partial charge in [-0.3, -0.25) is 4.79 Å². The number of oxazole rings is 1. The highest BCUT2D eigenvalue weighted by atomic mass is 35.5. The summed E-state index contributed by atoms with van der Waals surface area (Å²) in [5.41, 5.74) is 1.42.